The molecule has 0 spiro atoms. The fourth-order valence-electron chi connectivity index (χ4n) is 5.62. The lowest BCUT2D eigenvalue weighted by atomic mass is 9.95. The molecule has 0 aliphatic carbocycles. The normalized spacial score (nSPS) is 14.2. The van der Waals surface area contributed by atoms with Crippen LogP contribution in [0.3, 0.4) is 0 Å². The fourth-order valence-corrected chi connectivity index (χ4v) is 7.92. The zero-order valence-electron chi connectivity index (χ0n) is 27.9. The summed E-state index contributed by atoms with van der Waals surface area (Å²) in [4.78, 5) is 24.4. The highest BCUT2D eigenvalue weighted by Crippen LogP contribution is 2.42. The Morgan fingerprint density at radius 3 is 2.20 bits per heavy atom. The molecule has 1 fully saturated rings. The molecular formula is C32H34F5N7O4S2. The largest absolute Gasteiger partial charge is 0.490 e. The first-order chi connectivity index (χ1) is 23.5. The molecule has 1 aliphatic rings. The summed E-state index contributed by atoms with van der Waals surface area (Å²) in [6.07, 6.45) is 1.09. The number of aromatic nitrogens is 4. The topological polar surface area (TPSA) is 133 Å². The number of nitrogens with zero attached hydrogens (tertiary/aromatic N) is 5. The molecule has 1 saturated heterocycles. The summed E-state index contributed by atoms with van der Waals surface area (Å²) in [5.74, 6) is -7.25. The molecule has 0 atom stereocenters. The van der Waals surface area contributed by atoms with Crippen LogP contribution in [0.2, 0.25) is 0 Å². The number of H-pyrrole nitrogens is 1. The third-order valence-electron chi connectivity index (χ3n) is 8.37. The van der Waals surface area contributed by atoms with E-state index in [2.05, 4.69) is 25.5 Å². The number of methoxy groups -OCH3 is 1. The van der Waals surface area contributed by atoms with Gasteiger partial charge < -0.3 is 19.9 Å². The van der Waals surface area contributed by atoms with Crippen molar-refractivity contribution >= 4 is 45.0 Å². The molecular weight excluding hydrogens is 706 g/mol. The van der Waals surface area contributed by atoms with Crippen molar-refractivity contribution in [1.82, 2.24) is 25.1 Å². The SMILES string of the molecule is COc1c(Nc2cc(C)[nH]n2)nc(Sc2ccc(S(=O)(=O)C(C)(C)c3c(F)c(F)cc(F)c3F)cc2F)nc1N1CCC(C(=O)N(C)C)CC1. The van der Waals surface area contributed by atoms with Gasteiger partial charge in [-0.2, -0.15) is 5.10 Å². The smallest absolute Gasteiger partial charge is 0.225 e. The predicted molar refractivity (Wildman–Crippen MR) is 176 cm³/mol. The summed E-state index contributed by atoms with van der Waals surface area (Å²) >= 11 is 0.760. The van der Waals surface area contributed by atoms with Gasteiger partial charge in [0, 0.05) is 50.9 Å². The maximum absolute atomic E-state index is 15.7. The van der Waals surface area contributed by atoms with Crippen molar-refractivity contribution in [3.63, 3.8) is 0 Å². The van der Waals surface area contributed by atoms with Crippen LogP contribution in [0, 0.1) is 41.9 Å². The van der Waals surface area contributed by atoms with Crippen LogP contribution < -0.4 is 15.0 Å². The van der Waals surface area contributed by atoms with E-state index in [0.29, 0.717) is 43.6 Å². The van der Waals surface area contributed by atoms with Gasteiger partial charge in [-0.15, -0.1) is 0 Å². The van der Waals surface area contributed by atoms with Crippen LogP contribution in [0.5, 0.6) is 5.75 Å². The zero-order chi connectivity index (χ0) is 36.7. The molecule has 3 heterocycles. The van der Waals surface area contributed by atoms with Crippen molar-refractivity contribution in [1.29, 1.82) is 0 Å². The van der Waals surface area contributed by atoms with Gasteiger partial charge >= 0.3 is 0 Å². The molecule has 50 heavy (non-hydrogen) atoms. The minimum absolute atomic E-state index is 0.0227. The molecule has 1 aliphatic heterocycles. The van der Waals surface area contributed by atoms with E-state index in [1.54, 1.807) is 32.0 Å². The van der Waals surface area contributed by atoms with Crippen molar-refractivity contribution in [2.24, 2.45) is 5.92 Å². The summed E-state index contributed by atoms with van der Waals surface area (Å²) in [6.45, 7) is 4.44. The first-order valence-electron chi connectivity index (χ1n) is 15.2. The summed E-state index contributed by atoms with van der Waals surface area (Å²) in [5.41, 5.74) is -0.591. The average molecular weight is 740 g/mol. The van der Waals surface area contributed by atoms with Crippen LogP contribution >= 0.6 is 11.8 Å². The molecule has 2 aromatic heterocycles. The Bertz CT molecular complexity index is 2030. The van der Waals surface area contributed by atoms with E-state index in [-0.39, 0.29) is 39.5 Å². The first-order valence-corrected chi connectivity index (χ1v) is 17.5. The van der Waals surface area contributed by atoms with Crippen LogP contribution in [0.25, 0.3) is 0 Å². The maximum Gasteiger partial charge on any atom is 0.225 e. The van der Waals surface area contributed by atoms with Gasteiger partial charge in [-0.25, -0.2) is 40.3 Å². The molecule has 0 radical (unpaired) electrons. The summed E-state index contributed by atoms with van der Waals surface area (Å²) in [6, 6.07) is 4.48. The number of sulfone groups is 1. The number of amides is 1. The predicted octanol–water partition coefficient (Wildman–Crippen LogP) is 6.12. The molecule has 11 nitrogen and oxygen atoms in total. The van der Waals surface area contributed by atoms with Gasteiger partial charge in [0.2, 0.25) is 11.7 Å². The number of rotatable bonds is 10. The molecule has 0 saturated carbocycles. The van der Waals surface area contributed by atoms with Crippen LogP contribution in [0.15, 0.2) is 45.3 Å². The number of halogens is 5. The average Bonchev–Trinajstić information content (AvgIpc) is 3.48. The monoisotopic (exact) mass is 739 g/mol. The van der Waals surface area contributed by atoms with Crippen LogP contribution in [0.4, 0.5) is 39.4 Å². The zero-order valence-corrected chi connectivity index (χ0v) is 29.5. The molecule has 268 valence electrons. The van der Waals surface area contributed by atoms with Gasteiger partial charge in [-0.1, -0.05) is 0 Å². The van der Waals surface area contributed by atoms with Crippen molar-refractivity contribution in [2.75, 3.05) is 44.5 Å². The molecule has 4 aromatic rings. The van der Waals surface area contributed by atoms with E-state index in [9.17, 15) is 30.8 Å². The molecule has 0 unspecified atom stereocenters. The Morgan fingerprint density at radius 2 is 1.66 bits per heavy atom. The lowest BCUT2D eigenvalue weighted by Crippen LogP contribution is -2.40. The van der Waals surface area contributed by atoms with Gasteiger partial charge in [0.1, 0.15) is 10.6 Å². The number of benzene rings is 2. The highest BCUT2D eigenvalue weighted by Gasteiger charge is 2.44. The molecule has 1 amide bonds. The summed E-state index contributed by atoms with van der Waals surface area (Å²) in [7, 11) is 0.0109. The van der Waals surface area contributed by atoms with E-state index in [1.165, 1.54) is 7.11 Å². The van der Waals surface area contributed by atoms with Gasteiger partial charge in [0.25, 0.3) is 0 Å². The highest BCUT2D eigenvalue weighted by molar-refractivity contribution is 7.99. The highest BCUT2D eigenvalue weighted by atomic mass is 32.2. The van der Waals surface area contributed by atoms with E-state index < -0.39 is 54.1 Å². The van der Waals surface area contributed by atoms with Crippen molar-refractivity contribution in [3.05, 3.63) is 70.7 Å². The molecule has 2 aromatic carbocycles. The Labute approximate surface area is 289 Å². The lowest BCUT2D eigenvalue weighted by Gasteiger charge is -2.34. The van der Waals surface area contributed by atoms with Crippen LogP contribution in [-0.4, -0.2) is 73.7 Å². The van der Waals surface area contributed by atoms with Crippen molar-refractivity contribution in [3.8, 4) is 5.75 Å². The second-order valence-electron chi connectivity index (χ2n) is 12.3. The molecule has 5 rings (SSSR count). The quantitative estimate of drug-likeness (QED) is 0.111. The number of aromatic amines is 1. The van der Waals surface area contributed by atoms with Gasteiger partial charge in [0.15, 0.2) is 55.7 Å². The van der Waals surface area contributed by atoms with Crippen molar-refractivity contribution < 1.29 is 39.9 Å². The number of carbonyl (C=O) groups is 1. The number of ether oxygens (including phenoxy) is 1. The molecule has 18 heteroatoms. The van der Waals surface area contributed by atoms with Crippen molar-refractivity contribution in [2.45, 2.75) is 53.3 Å². The molecule has 2 N–H and O–H groups in total. The van der Waals surface area contributed by atoms with E-state index in [0.717, 1.165) is 43.4 Å². The Hall–Kier alpha value is -4.45. The number of aryl methyl sites for hydroxylation is 1. The number of hydrogen-bond acceptors (Lipinski definition) is 10. The summed E-state index contributed by atoms with van der Waals surface area (Å²) < 4.78 is 103. The second-order valence-corrected chi connectivity index (χ2v) is 15.8. The van der Waals surface area contributed by atoms with Gasteiger partial charge in [0.05, 0.1) is 22.5 Å². The molecule has 0 bridgehead atoms. The Morgan fingerprint density at radius 1 is 1.02 bits per heavy atom. The Kier molecular flexibility index (Phi) is 10.3. The fraction of sp³-hybridized carbons (Fsp3) is 0.375. The third kappa shape index (κ3) is 6.95. The van der Waals surface area contributed by atoms with Gasteiger partial charge in [-0.05, 0) is 63.6 Å². The number of piperidine rings is 1. The number of anilines is 3. The minimum Gasteiger partial charge on any atom is -0.490 e. The first kappa shape index (κ1) is 36.8. The number of nitrogens with one attached hydrogen (secondary N) is 2. The van der Waals surface area contributed by atoms with E-state index >= 15 is 4.39 Å². The minimum atomic E-state index is -4.83. The third-order valence-corrected chi connectivity index (χ3v) is 11.7. The standard InChI is InChI=1S/C32H34F5N7O4S2/c1-16-13-23(42-41-16)38-28-27(48-6)29(44-11-9-17(10-12-44)30(45)43(4)5)40-31(39-28)49-22-8-7-18(14-19(22)33)50(46,47)32(2,3)24-25(36)20(34)15-21(35)26(24)37/h7-8,13-15,17H,9-12H2,1-6H3,(H2,38,39,40,41,42). The van der Waals surface area contributed by atoms with Crippen LogP contribution in [0.1, 0.15) is 37.9 Å². The van der Waals surface area contributed by atoms with E-state index in [1.807, 2.05) is 4.90 Å². The Balaban J connectivity index is 1.50. The number of hydrogen-bond donors (Lipinski definition) is 2. The second kappa shape index (κ2) is 14.0. The van der Waals surface area contributed by atoms with Crippen LogP contribution in [-0.2, 0) is 19.4 Å². The van der Waals surface area contributed by atoms with Gasteiger partial charge in [-0.3, -0.25) is 9.89 Å². The summed E-state index contributed by atoms with van der Waals surface area (Å²) in [5, 5.41) is 10.1. The lowest BCUT2D eigenvalue weighted by molar-refractivity contribution is -0.133. The maximum atomic E-state index is 15.7. The van der Waals surface area contributed by atoms with E-state index in [4.69, 9.17) is 4.74 Å². The number of carbonyl (C=O) groups excluding carboxylic acids is 1.